The number of nitrogens with zero attached hydrogens (tertiary/aromatic N) is 1. The molecule has 1 unspecified atom stereocenters. The predicted molar refractivity (Wildman–Crippen MR) is 116 cm³/mol. The number of ether oxygens (including phenoxy) is 2. The van der Waals surface area contributed by atoms with E-state index >= 15 is 0 Å². The fraction of sp³-hybridized carbons (Fsp3) is 0.619. The maximum absolute atomic E-state index is 12.5. The van der Waals surface area contributed by atoms with Crippen LogP contribution in [0.15, 0.2) is 30.3 Å². The summed E-state index contributed by atoms with van der Waals surface area (Å²) >= 11 is 0. The third-order valence-corrected chi connectivity index (χ3v) is 6.47. The van der Waals surface area contributed by atoms with E-state index in [1.54, 1.807) is 0 Å². The second-order valence-electron chi connectivity index (χ2n) is 8.46. The van der Waals surface area contributed by atoms with E-state index in [2.05, 4.69) is 30.4 Å². The second-order valence-corrected chi connectivity index (χ2v) is 13.7. The molecule has 1 fully saturated rings. The SMILES string of the molecule is CCCC(=O)N1C[C@@H](OC(OCC)[Si](C)(C)C)[C@@H](Cc2ccccc2)NC(=O)N1. The number of carbonyl (C=O) groups is 2. The van der Waals surface area contributed by atoms with Crippen molar-refractivity contribution in [2.45, 2.75) is 70.8 Å². The predicted octanol–water partition coefficient (Wildman–Crippen LogP) is 3.08. The molecule has 1 saturated heterocycles. The molecule has 1 aliphatic heterocycles. The summed E-state index contributed by atoms with van der Waals surface area (Å²) < 4.78 is 12.4. The van der Waals surface area contributed by atoms with Gasteiger partial charge in [-0.05, 0) is 25.3 Å². The summed E-state index contributed by atoms with van der Waals surface area (Å²) in [5.41, 5.74) is 3.78. The molecular formula is C21H35N3O4Si. The van der Waals surface area contributed by atoms with Gasteiger partial charge < -0.3 is 14.8 Å². The van der Waals surface area contributed by atoms with E-state index in [1.807, 2.05) is 44.2 Å². The average molecular weight is 422 g/mol. The topological polar surface area (TPSA) is 79.9 Å². The molecular weight excluding hydrogens is 386 g/mol. The lowest BCUT2D eigenvalue weighted by Crippen LogP contribution is -2.52. The molecule has 2 rings (SSSR count). The number of benzene rings is 1. The Labute approximate surface area is 175 Å². The Hall–Kier alpha value is -1.90. The molecule has 0 radical (unpaired) electrons. The van der Waals surface area contributed by atoms with Crippen LogP contribution in [0.4, 0.5) is 4.79 Å². The minimum absolute atomic E-state index is 0.113. The highest BCUT2D eigenvalue weighted by Crippen LogP contribution is 2.20. The molecule has 8 heteroatoms. The second kappa shape index (κ2) is 10.8. The Morgan fingerprint density at radius 3 is 2.52 bits per heavy atom. The third kappa shape index (κ3) is 7.13. The van der Waals surface area contributed by atoms with Crippen molar-refractivity contribution < 1.29 is 19.1 Å². The molecule has 0 saturated carbocycles. The van der Waals surface area contributed by atoms with Gasteiger partial charge in [-0.1, -0.05) is 56.9 Å². The van der Waals surface area contributed by atoms with Crippen molar-refractivity contribution in [1.29, 1.82) is 0 Å². The number of hydrogen-bond donors (Lipinski definition) is 2. The maximum atomic E-state index is 12.5. The van der Waals surface area contributed by atoms with Crippen molar-refractivity contribution in [2.75, 3.05) is 13.2 Å². The molecule has 29 heavy (non-hydrogen) atoms. The van der Waals surface area contributed by atoms with E-state index < -0.39 is 14.2 Å². The number of nitrogens with one attached hydrogen (secondary N) is 2. The highest BCUT2D eigenvalue weighted by Gasteiger charge is 2.38. The van der Waals surface area contributed by atoms with Crippen molar-refractivity contribution in [2.24, 2.45) is 0 Å². The molecule has 1 aromatic rings. The zero-order chi connectivity index (χ0) is 21.4. The lowest BCUT2D eigenvalue weighted by Gasteiger charge is -2.35. The minimum Gasteiger partial charge on any atom is -0.357 e. The van der Waals surface area contributed by atoms with Gasteiger partial charge in [0.2, 0.25) is 5.91 Å². The normalized spacial score (nSPS) is 21.1. The summed E-state index contributed by atoms with van der Waals surface area (Å²) in [6.07, 6.45) is 1.31. The first-order valence-corrected chi connectivity index (χ1v) is 14.0. The van der Waals surface area contributed by atoms with Gasteiger partial charge >= 0.3 is 6.03 Å². The summed E-state index contributed by atoms with van der Waals surface area (Å²) in [6.45, 7) is 11.3. The summed E-state index contributed by atoms with van der Waals surface area (Å²) in [5, 5.41) is 4.38. The van der Waals surface area contributed by atoms with Crippen LogP contribution < -0.4 is 10.7 Å². The van der Waals surface area contributed by atoms with Crippen molar-refractivity contribution in [1.82, 2.24) is 15.8 Å². The fourth-order valence-corrected chi connectivity index (χ4v) is 4.52. The Balaban J connectivity index is 2.29. The monoisotopic (exact) mass is 421 g/mol. The van der Waals surface area contributed by atoms with E-state index in [-0.39, 0.29) is 30.4 Å². The van der Waals surface area contributed by atoms with Crippen molar-refractivity contribution in [3.8, 4) is 0 Å². The molecule has 3 atom stereocenters. The number of urea groups is 1. The first-order chi connectivity index (χ1) is 13.7. The van der Waals surface area contributed by atoms with Crippen LogP contribution in [0.25, 0.3) is 0 Å². The van der Waals surface area contributed by atoms with Gasteiger partial charge in [-0.25, -0.2) is 15.2 Å². The fourth-order valence-electron chi connectivity index (χ4n) is 3.27. The number of hydrazine groups is 1. The van der Waals surface area contributed by atoms with Gasteiger partial charge in [0.05, 0.1) is 12.6 Å². The average Bonchev–Trinajstić information content (AvgIpc) is 2.80. The Bertz CT molecular complexity index is 666. The molecule has 1 aliphatic rings. The van der Waals surface area contributed by atoms with Crippen LogP contribution in [-0.2, 0) is 20.7 Å². The standard InChI is InChI=1S/C21H35N3O4Si/c1-6-11-19(25)24-15-18(28-21(27-7-2)29(3,4)5)17(22-20(26)23-24)14-16-12-9-8-10-13-16/h8-10,12-13,17-18,21H,6-7,11,14-15H2,1-5H3,(H2,22,23,26)/t17-,18-,21?/m1/s1. The highest BCUT2D eigenvalue weighted by molar-refractivity contribution is 6.77. The minimum atomic E-state index is -1.79. The summed E-state index contributed by atoms with van der Waals surface area (Å²) in [6, 6.07) is 9.30. The first-order valence-electron chi connectivity index (χ1n) is 10.4. The number of carbonyl (C=O) groups excluding carboxylic acids is 2. The van der Waals surface area contributed by atoms with Gasteiger partial charge in [0.1, 0.15) is 20.1 Å². The summed E-state index contributed by atoms with van der Waals surface area (Å²) in [4.78, 5) is 25.0. The van der Waals surface area contributed by atoms with Crippen LogP contribution in [0, 0.1) is 0 Å². The zero-order valence-electron chi connectivity index (χ0n) is 18.2. The van der Waals surface area contributed by atoms with Gasteiger partial charge in [0, 0.05) is 13.0 Å². The smallest absolute Gasteiger partial charge is 0.333 e. The van der Waals surface area contributed by atoms with Crippen LogP contribution in [0.3, 0.4) is 0 Å². The Morgan fingerprint density at radius 1 is 1.24 bits per heavy atom. The summed E-state index contributed by atoms with van der Waals surface area (Å²) in [7, 11) is -1.79. The quantitative estimate of drug-likeness (QED) is 0.474. The lowest BCUT2D eigenvalue weighted by molar-refractivity contribution is -0.149. The molecule has 162 valence electrons. The van der Waals surface area contributed by atoms with Crippen LogP contribution in [-0.4, -0.2) is 56.2 Å². The molecule has 0 spiro atoms. The third-order valence-electron chi connectivity index (χ3n) is 4.75. The van der Waals surface area contributed by atoms with Gasteiger partial charge in [0.15, 0.2) is 0 Å². The van der Waals surface area contributed by atoms with Crippen LogP contribution in [0.2, 0.25) is 19.6 Å². The van der Waals surface area contributed by atoms with Crippen LogP contribution in [0.5, 0.6) is 0 Å². The highest BCUT2D eigenvalue weighted by atomic mass is 28.3. The first kappa shape index (κ1) is 23.4. The molecule has 0 aliphatic carbocycles. The molecule has 1 heterocycles. The zero-order valence-corrected chi connectivity index (χ0v) is 19.2. The van der Waals surface area contributed by atoms with Crippen molar-refractivity contribution >= 4 is 20.0 Å². The van der Waals surface area contributed by atoms with Crippen LogP contribution in [0.1, 0.15) is 32.3 Å². The van der Waals surface area contributed by atoms with E-state index in [0.29, 0.717) is 25.9 Å². The summed E-state index contributed by atoms with van der Waals surface area (Å²) in [5.74, 6) is -0.438. The van der Waals surface area contributed by atoms with E-state index in [0.717, 1.165) is 5.56 Å². The van der Waals surface area contributed by atoms with Crippen molar-refractivity contribution in [3.05, 3.63) is 35.9 Å². The van der Waals surface area contributed by atoms with Gasteiger partial charge in [-0.3, -0.25) is 4.79 Å². The molecule has 1 aromatic carbocycles. The largest absolute Gasteiger partial charge is 0.357 e. The number of amides is 3. The van der Waals surface area contributed by atoms with Crippen LogP contribution >= 0.6 is 0 Å². The lowest BCUT2D eigenvalue weighted by atomic mass is 10.0. The van der Waals surface area contributed by atoms with Gasteiger partial charge in [-0.15, -0.1) is 0 Å². The van der Waals surface area contributed by atoms with Gasteiger partial charge in [0.25, 0.3) is 0 Å². The Morgan fingerprint density at radius 2 is 1.93 bits per heavy atom. The van der Waals surface area contributed by atoms with E-state index in [4.69, 9.17) is 9.47 Å². The molecule has 0 aromatic heterocycles. The molecule has 2 N–H and O–H groups in total. The molecule has 0 bridgehead atoms. The molecule has 3 amide bonds. The Kier molecular flexibility index (Phi) is 8.67. The van der Waals surface area contributed by atoms with Crippen molar-refractivity contribution in [3.63, 3.8) is 0 Å². The maximum Gasteiger partial charge on any atom is 0.333 e. The molecule has 7 nitrogen and oxygen atoms in total. The van der Waals surface area contributed by atoms with E-state index in [1.165, 1.54) is 5.01 Å². The number of rotatable bonds is 9. The number of hydrogen-bond acceptors (Lipinski definition) is 4. The van der Waals surface area contributed by atoms with E-state index in [9.17, 15) is 9.59 Å². The van der Waals surface area contributed by atoms with Gasteiger partial charge in [-0.2, -0.15) is 0 Å².